The Morgan fingerprint density at radius 3 is 2.54 bits per heavy atom. The second-order valence-corrected chi connectivity index (χ2v) is 13.0. The van der Waals surface area contributed by atoms with E-state index >= 15 is 4.39 Å². The lowest BCUT2D eigenvalue weighted by Crippen LogP contribution is -2.54. The van der Waals surface area contributed by atoms with Gasteiger partial charge in [0.05, 0.1) is 10.6 Å². The van der Waals surface area contributed by atoms with Crippen LogP contribution < -0.4 is 16.0 Å². The quantitative estimate of drug-likeness (QED) is 0.432. The van der Waals surface area contributed by atoms with E-state index in [2.05, 4.69) is 28.1 Å². The third-order valence-electron chi connectivity index (χ3n) is 8.11. The largest absolute Gasteiger partial charge is 0.390 e. The maximum absolute atomic E-state index is 15.7. The van der Waals surface area contributed by atoms with Crippen molar-refractivity contribution in [1.82, 2.24) is 10.6 Å². The van der Waals surface area contributed by atoms with E-state index in [-0.39, 0.29) is 45.6 Å². The average Bonchev–Trinajstić information content (AvgIpc) is 3.23. The number of aliphatic hydroxyl groups is 1. The van der Waals surface area contributed by atoms with E-state index < -0.39 is 52.4 Å². The topological polar surface area (TPSA) is 90.5 Å². The van der Waals surface area contributed by atoms with Crippen molar-refractivity contribution < 1.29 is 27.9 Å². The normalized spacial score (nSPS) is 31.5. The molecule has 1 saturated carbocycles. The van der Waals surface area contributed by atoms with Gasteiger partial charge in [-0.2, -0.15) is 0 Å². The number of fused-ring (bicyclic) bond motifs is 2. The first-order chi connectivity index (χ1) is 18.1. The smallest absolute Gasteiger partial charge is 0.237 e. The highest BCUT2D eigenvalue weighted by atomic mass is 35.5. The van der Waals surface area contributed by atoms with Crippen LogP contribution in [0.4, 0.5) is 18.9 Å². The van der Waals surface area contributed by atoms with E-state index in [1.165, 1.54) is 6.07 Å². The van der Waals surface area contributed by atoms with Gasteiger partial charge in [-0.05, 0) is 43.2 Å². The van der Waals surface area contributed by atoms with Crippen LogP contribution in [0.1, 0.15) is 70.4 Å². The lowest BCUT2D eigenvalue weighted by Gasteiger charge is -2.41. The number of halogens is 4. The molecule has 2 fully saturated rings. The van der Waals surface area contributed by atoms with Gasteiger partial charge in [0.25, 0.3) is 0 Å². The highest BCUT2D eigenvalue weighted by molar-refractivity contribution is 6.30. The Balaban J connectivity index is 1.65. The van der Waals surface area contributed by atoms with Gasteiger partial charge in [0.2, 0.25) is 11.8 Å². The minimum absolute atomic E-state index is 0.0662. The van der Waals surface area contributed by atoms with E-state index in [1.807, 2.05) is 20.8 Å². The highest BCUT2D eigenvalue weighted by Crippen LogP contribution is 2.57. The maximum Gasteiger partial charge on any atom is 0.237 e. The Bertz CT molecular complexity index is 1340. The molecule has 3 aliphatic rings. The van der Waals surface area contributed by atoms with Gasteiger partial charge in [-0.15, -0.1) is 0 Å². The molecule has 208 valence electrons. The second kappa shape index (κ2) is 9.39. The van der Waals surface area contributed by atoms with Crippen LogP contribution in [0, 0.1) is 35.0 Å². The zero-order chi connectivity index (χ0) is 28.5. The number of rotatable bonds is 5. The molecule has 2 aromatic carbocycles. The highest BCUT2D eigenvalue weighted by Gasteiger charge is 2.65. The number of hydrogen-bond donors (Lipinski definition) is 4. The standard InChI is InChI=1S/C29H31ClF3N3O3/c1-27(2,3)13-22-29(16-8-18(31)19(32)9-20(16)36-26(29)38)24(15-6-5-7-17(30)25(15)33)21(35-22)10-23(37)34-14-11-28(4,39)12-14/h7-9,14,21-22,24,35,39H,10-13H2,1-4H3,(H,34,37)(H,36,38). The fraction of sp³-hybridized carbons (Fsp3) is 0.517. The van der Waals surface area contributed by atoms with Crippen molar-refractivity contribution in [3.05, 3.63) is 63.9 Å². The van der Waals surface area contributed by atoms with Gasteiger partial charge in [0.15, 0.2) is 17.5 Å². The molecule has 6 nitrogen and oxygen atoms in total. The molecular formula is C29H31ClF3N3O3. The van der Waals surface area contributed by atoms with E-state index in [0.717, 1.165) is 12.1 Å². The number of anilines is 1. The molecule has 2 amide bonds. The summed E-state index contributed by atoms with van der Waals surface area (Å²) < 4.78 is 44.6. The minimum Gasteiger partial charge on any atom is -0.390 e. The molecule has 10 heteroatoms. The van der Waals surface area contributed by atoms with E-state index in [1.54, 1.807) is 6.92 Å². The summed E-state index contributed by atoms with van der Waals surface area (Å²) in [6.07, 6.45) is 1.06. The van der Waals surface area contributed by atoms with E-state index in [9.17, 15) is 23.5 Å². The molecule has 39 heavy (non-hydrogen) atoms. The summed E-state index contributed by atoms with van der Waals surface area (Å²) in [4.78, 5) is 27.2. The van der Waals surface area contributed by atoms with Crippen molar-refractivity contribution in [2.45, 2.75) is 88.4 Å². The number of carbonyl (C=O) groups excluding carboxylic acids is 2. The third kappa shape index (κ3) is 4.77. The van der Waals surface area contributed by atoms with Crippen molar-refractivity contribution in [2.75, 3.05) is 5.32 Å². The molecule has 1 aliphatic carbocycles. The third-order valence-corrected chi connectivity index (χ3v) is 8.39. The number of carbonyl (C=O) groups is 2. The van der Waals surface area contributed by atoms with Crippen molar-refractivity contribution in [3.63, 3.8) is 0 Å². The molecule has 0 aromatic heterocycles. The van der Waals surface area contributed by atoms with Gasteiger partial charge >= 0.3 is 0 Å². The predicted molar refractivity (Wildman–Crippen MR) is 140 cm³/mol. The van der Waals surface area contributed by atoms with Gasteiger partial charge in [-0.25, -0.2) is 13.2 Å². The van der Waals surface area contributed by atoms with E-state index in [4.69, 9.17) is 11.6 Å². The van der Waals surface area contributed by atoms with Crippen LogP contribution in [0.15, 0.2) is 18.2 Å². The molecule has 2 aliphatic heterocycles. The molecule has 2 heterocycles. The molecule has 1 spiro atoms. The lowest BCUT2D eigenvalue weighted by atomic mass is 9.62. The minimum atomic E-state index is -1.60. The van der Waals surface area contributed by atoms with Crippen molar-refractivity contribution >= 4 is 29.1 Å². The Labute approximate surface area is 230 Å². The van der Waals surface area contributed by atoms with Crippen LogP contribution in [0.2, 0.25) is 5.02 Å². The SMILES string of the molecule is CC(C)(C)CC1NC(CC(=O)NC2CC(C)(O)C2)C(c2c#ccc(Cl)c2F)C12C(=O)Nc1cc(F)c(F)cc12. The van der Waals surface area contributed by atoms with Crippen LogP contribution in [-0.4, -0.2) is 40.6 Å². The molecule has 0 bridgehead atoms. The monoisotopic (exact) mass is 561 g/mol. The number of hydrogen-bond acceptors (Lipinski definition) is 4. The first-order valence-electron chi connectivity index (χ1n) is 13.0. The molecule has 4 unspecified atom stereocenters. The second-order valence-electron chi connectivity index (χ2n) is 12.6. The Hall–Kier alpha value is -2.80. The molecule has 4 atom stereocenters. The van der Waals surface area contributed by atoms with Crippen LogP contribution in [0.5, 0.6) is 0 Å². The summed E-state index contributed by atoms with van der Waals surface area (Å²) in [5.74, 6) is -5.04. The molecule has 0 radical (unpaired) electrons. The van der Waals surface area contributed by atoms with Crippen LogP contribution in [0.25, 0.3) is 0 Å². The van der Waals surface area contributed by atoms with Gasteiger partial charge in [-0.1, -0.05) is 44.5 Å². The molecule has 1 saturated heterocycles. The summed E-state index contributed by atoms with van der Waals surface area (Å²) in [6, 6.07) is 6.91. The Morgan fingerprint density at radius 1 is 1.23 bits per heavy atom. The summed E-state index contributed by atoms with van der Waals surface area (Å²) in [5, 5.41) is 18.8. The average molecular weight is 562 g/mol. The number of nitrogens with one attached hydrogen (secondary N) is 3. The summed E-state index contributed by atoms with van der Waals surface area (Å²) in [6.45, 7) is 7.60. The molecule has 5 rings (SSSR count). The first kappa shape index (κ1) is 27.8. The summed E-state index contributed by atoms with van der Waals surface area (Å²) in [7, 11) is 0. The molecular weight excluding hydrogens is 531 g/mol. The Morgan fingerprint density at radius 2 is 1.90 bits per heavy atom. The van der Waals surface area contributed by atoms with Crippen LogP contribution >= 0.6 is 11.6 Å². The Kier molecular flexibility index (Phi) is 6.69. The predicted octanol–water partition coefficient (Wildman–Crippen LogP) is 4.53. The van der Waals surface area contributed by atoms with Crippen LogP contribution in [0.3, 0.4) is 0 Å². The first-order valence-corrected chi connectivity index (χ1v) is 13.4. The fourth-order valence-corrected chi connectivity index (χ4v) is 6.84. The molecule has 4 N–H and O–H groups in total. The van der Waals surface area contributed by atoms with E-state index in [0.29, 0.717) is 19.3 Å². The maximum atomic E-state index is 15.7. The zero-order valence-electron chi connectivity index (χ0n) is 22.1. The van der Waals surface area contributed by atoms with Crippen molar-refractivity contribution in [2.24, 2.45) is 5.41 Å². The number of benzene rings is 1. The summed E-state index contributed by atoms with van der Waals surface area (Å²) >= 11 is 6.13. The zero-order valence-corrected chi connectivity index (χ0v) is 22.9. The van der Waals surface area contributed by atoms with Crippen LogP contribution in [-0.2, 0) is 15.0 Å². The van der Waals surface area contributed by atoms with Gasteiger partial charge in [-0.3, -0.25) is 9.59 Å². The van der Waals surface area contributed by atoms with Gasteiger partial charge in [0.1, 0.15) is 5.41 Å². The fourth-order valence-electron chi connectivity index (χ4n) is 6.68. The molecule has 2 aromatic rings. The van der Waals surface area contributed by atoms with Crippen molar-refractivity contribution in [1.29, 1.82) is 0 Å². The number of amides is 2. The summed E-state index contributed by atoms with van der Waals surface area (Å²) in [5.41, 5.74) is -2.56. The van der Waals surface area contributed by atoms with Crippen molar-refractivity contribution in [3.8, 4) is 0 Å². The van der Waals surface area contributed by atoms with Gasteiger partial charge < -0.3 is 21.1 Å². The lowest BCUT2D eigenvalue weighted by molar-refractivity contribution is -0.126. The van der Waals surface area contributed by atoms with Gasteiger partial charge in [0, 0.05) is 53.8 Å².